The van der Waals surface area contributed by atoms with Gasteiger partial charge in [0, 0.05) is 18.3 Å². The van der Waals surface area contributed by atoms with Crippen molar-refractivity contribution in [1.82, 2.24) is 14.6 Å². The van der Waals surface area contributed by atoms with Crippen LogP contribution in [-0.2, 0) is 28.2 Å². The molecule has 12 nitrogen and oxygen atoms in total. The molecule has 0 bridgehead atoms. The van der Waals surface area contributed by atoms with Gasteiger partial charge in [-0.15, -0.1) is 0 Å². The molecule has 2 N–H and O–H groups in total. The molecule has 1 aromatic heterocycles. The number of ether oxygens (including phenoxy) is 2. The lowest BCUT2D eigenvalue weighted by Gasteiger charge is -2.27. The lowest BCUT2D eigenvalue weighted by Crippen LogP contribution is -2.41. The van der Waals surface area contributed by atoms with Gasteiger partial charge in [0.05, 0.1) is 18.6 Å². The van der Waals surface area contributed by atoms with E-state index in [9.17, 15) is 23.7 Å². The van der Waals surface area contributed by atoms with Crippen molar-refractivity contribution in [2.45, 2.75) is 64.8 Å². The second-order valence-electron chi connectivity index (χ2n) is 9.32. The summed E-state index contributed by atoms with van der Waals surface area (Å²) in [5, 5.41) is 2.67. The molecule has 14 heteroatoms. The van der Waals surface area contributed by atoms with Crippen LogP contribution in [0.5, 0.6) is 5.75 Å². The van der Waals surface area contributed by atoms with E-state index in [0.29, 0.717) is 0 Å². The van der Waals surface area contributed by atoms with E-state index in [-0.39, 0.29) is 11.9 Å². The zero-order chi connectivity index (χ0) is 28.3. The third-order valence-corrected chi connectivity index (χ3v) is 7.50. The number of nitrogens with one attached hydrogen (secondary N) is 2. The first-order valence-corrected chi connectivity index (χ1v) is 13.5. The Kier molecular flexibility index (Phi) is 9.09. The summed E-state index contributed by atoms with van der Waals surface area (Å²) in [5.41, 5.74) is -4.35. The van der Waals surface area contributed by atoms with E-state index in [1.807, 2.05) is 4.98 Å². The first-order valence-electron chi connectivity index (χ1n) is 11.9. The summed E-state index contributed by atoms with van der Waals surface area (Å²) < 4.78 is 51.7. The Bertz CT molecular complexity index is 1310. The normalized spacial score (nSPS) is 24.6. The summed E-state index contributed by atoms with van der Waals surface area (Å²) in [6.07, 6.45) is -2.63. The summed E-state index contributed by atoms with van der Waals surface area (Å²) in [7, 11) is -4.28. The number of para-hydroxylation sites is 1. The number of carbonyl (C=O) groups excluding carboxylic acids is 2. The van der Waals surface area contributed by atoms with Gasteiger partial charge < -0.3 is 14.0 Å². The van der Waals surface area contributed by atoms with Gasteiger partial charge in [-0.3, -0.25) is 28.5 Å². The second-order valence-corrected chi connectivity index (χ2v) is 11.0. The zero-order valence-corrected chi connectivity index (χ0v) is 22.5. The molecule has 1 saturated heterocycles. The van der Waals surface area contributed by atoms with E-state index in [2.05, 4.69) is 5.09 Å². The number of hydrogen-bond acceptors (Lipinski definition) is 9. The maximum Gasteiger partial charge on any atom is 0.459 e. The number of esters is 1. The Morgan fingerprint density at radius 3 is 2.45 bits per heavy atom. The summed E-state index contributed by atoms with van der Waals surface area (Å²) >= 11 is 0. The summed E-state index contributed by atoms with van der Waals surface area (Å²) in [5.74, 6) is -2.19. The Morgan fingerprint density at radius 1 is 1.18 bits per heavy atom. The Balaban J connectivity index is 1.80. The Morgan fingerprint density at radius 2 is 1.84 bits per heavy atom. The van der Waals surface area contributed by atoms with Gasteiger partial charge in [-0.1, -0.05) is 25.1 Å². The number of halogens is 1. The minimum absolute atomic E-state index is 0.166. The molecule has 6 atom stereocenters. The number of aromatic amines is 1. The molecule has 0 saturated carbocycles. The van der Waals surface area contributed by atoms with E-state index in [1.165, 1.54) is 12.1 Å². The predicted octanol–water partition coefficient (Wildman–Crippen LogP) is 2.50. The molecule has 2 aromatic rings. The molecule has 1 aromatic carbocycles. The topological polar surface area (TPSA) is 155 Å². The first-order chi connectivity index (χ1) is 17.7. The van der Waals surface area contributed by atoms with Crippen LogP contribution in [0.15, 0.2) is 52.2 Å². The van der Waals surface area contributed by atoms with E-state index >= 15 is 4.39 Å². The highest BCUT2D eigenvalue weighted by atomic mass is 31.2. The molecule has 3 rings (SSSR count). The van der Waals surface area contributed by atoms with Crippen molar-refractivity contribution in [2.24, 2.45) is 5.92 Å². The predicted molar refractivity (Wildman–Crippen MR) is 133 cm³/mol. The lowest BCUT2D eigenvalue weighted by atomic mass is 10.0. The summed E-state index contributed by atoms with van der Waals surface area (Å²) in [6.45, 7) is 6.76. The number of nitrogens with zero attached hydrogens (tertiary/aromatic N) is 1. The Labute approximate surface area is 218 Å². The van der Waals surface area contributed by atoms with Gasteiger partial charge in [0.1, 0.15) is 11.9 Å². The highest BCUT2D eigenvalue weighted by Gasteiger charge is 2.56. The average Bonchev–Trinajstić information content (AvgIpc) is 3.06. The maximum absolute atomic E-state index is 15.4. The monoisotopic (exact) mass is 555 g/mol. The fourth-order valence-electron chi connectivity index (χ4n) is 3.62. The van der Waals surface area contributed by atoms with Crippen molar-refractivity contribution in [3.05, 3.63) is 63.4 Å². The summed E-state index contributed by atoms with van der Waals surface area (Å²) in [4.78, 5) is 50.7. The molecule has 38 heavy (non-hydrogen) atoms. The average molecular weight is 555 g/mol. The standard InChI is InChI=1S/C24H31FN3O9P/c1-14(2)35-21(31)15(3)16(4)27-38(33,37-17-9-7-6-8-10-17)34-13-18-20(30)24(5,25)22(36-18)28-12-11-19(29)26-23(28)32/h6-12,14-16,18,22H,13H2,1-5H3,(H,27,33)(H,26,29,32)/t15?,16-,18+,22+,24+,38?/m0/s1. The molecule has 1 fully saturated rings. The largest absolute Gasteiger partial charge is 0.463 e. The second kappa shape index (κ2) is 11.7. The summed E-state index contributed by atoms with van der Waals surface area (Å²) in [6, 6.07) is 8.24. The van der Waals surface area contributed by atoms with Crippen LogP contribution >= 0.6 is 7.75 Å². The van der Waals surface area contributed by atoms with E-state index < -0.39 is 67.3 Å². The van der Waals surface area contributed by atoms with Gasteiger partial charge in [-0.2, -0.15) is 0 Å². The van der Waals surface area contributed by atoms with Crippen molar-refractivity contribution >= 4 is 19.5 Å². The van der Waals surface area contributed by atoms with Gasteiger partial charge >= 0.3 is 19.4 Å². The molecule has 208 valence electrons. The minimum Gasteiger partial charge on any atom is -0.463 e. The third kappa shape index (κ3) is 6.84. The van der Waals surface area contributed by atoms with Crippen molar-refractivity contribution < 1.29 is 37.1 Å². The number of rotatable bonds is 11. The van der Waals surface area contributed by atoms with Crippen LogP contribution < -0.4 is 20.9 Å². The van der Waals surface area contributed by atoms with Crippen LogP contribution in [0.25, 0.3) is 0 Å². The van der Waals surface area contributed by atoms with Gasteiger partial charge in [-0.25, -0.2) is 18.8 Å². The van der Waals surface area contributed by atoms with Crippen molar-refractivity contribution in [3.8, 4) is 5.75 Å². The van der Waals surface area contributed by atoms with Crippen LogP contribution in [-0.4, -0.2) is 51.8 Å². The van der Waals surface area contributed by atoms with Gasteiger partial charge in [0.25, 0.3) is 5.56 Å². The van der Waals surface area contributed by atoms with Crippen molar-refractivity contribution in [2.75, 3.05) is 6.61 Å². The van der Waals surface area contributed by atoms with Gasteiger partial charge in [-0.05, 0) is 39.8 Å². The molecule has 1 aliphatic rings. The number of alkyl halides is 1. The van der Waals surface area contributed by atoms with Crippen LogP contribution in [0.3, 0.4) is 0 Å². The molecule has 0 spiro atoms. The Hall–Kier alpha value is -3.12. The number of H-pyrrole nitrogens is 1. The smallest absolute Gasteiger partial charge is 0.459 e. The molecular weight excluding hydrogens is 524 g/mol. The number of hydrogen-bond donors (Lipinski definition) is 2. The number of carbonyl (C=O) groups is 2. The van der Waals surface area contributed by atoms with E-state index in [4.69, 9.17) is 18.5 Å². The quantitative estimate of drug-likeness (QED) is 0.312. The molecule has 2 unspecified atom stereocenters. The van der Waals surface area contributed by atoms with E-state index in [1.54, 1.807) is 45.9 Å². The number of benzene rings is 1. The number of ketones is 1. The molecule has 0 radical (unpaired) electrons. The minimum atomic E-state index is -4.28. The molecule has 2 heterocycles. The van der Waals surface area contributed by atoms with Crippen LogP contribution in [0.4, 0.5) is 4.39 Å². The lowest BCUT2D eigenvalue weighted by molar-refractivity contribution is -0.152. The third-order valence-electron chi connectivity index (χ3n) is 5.84. The van der Waals surface area contributed by atoms with Crippen LogP contribution in [0, 0.1) is 5.92 Å². The first kappa shape index (κ1) is 29.4. The van der Waals surface area contributed by atoms with Crippen molar-refractivity contribution in [3.63, 3.8) is 0 Å². The van der Waals surface area contributed by atoms with Gasteiger partial charge in [0.2, 0.25) is 11.5 Å². The molecule has 0 aliphatic carbocycles. The number of aromatic nitrogens is 2. The number of Topliss-reactive ketones (excluding diaryl/α,β-unsaturated/α-hetero) is 1. The van der Waals surface area contributed by atoms with Gasteiger partial charge in [0.15, 0.2) is 6.23 Å². The highest BCUT2D eigenvalue weighted by molar-refractivity contribution is 7.52. The molecule has 1 aliphatic heterocycles. The SMILES string of the molecule is CC(C)OC(=O)C(C)[C@H](C)NP(=O)(OC[C@H]1O[C@@H](n2ccc(=O)[nH]c2=O)[C@](C)(F)C1=O)Oc1ccccc1. The maximum atomic E-state index is 15.4. The van der Waals surface area contributed by atoms with Crippen LogP contribution in [0.1, 0.15) is 40.8 Å². The molecule has 0 amide bonds. The van der Waals surface area contributed by atoms with Crippen molar-refractivity contribution in [1.29, 1.82) is 0 Å². The fraction of sp³-hybridized carbons (Fsp3) is 0.500. The van der Waals surface area contributed by atoms with Crippen LogP contribution in [0.2, 0.25) is 0 Å². The van der Waals surface area contributed by atoms with E-state index in [0.717, 1.165) is 23.8 Å². The highest BCUT2D eigenvalue weighted by Crippen LogP contribution is 2.47. The molecular formula is C24H31FN3O9P. The fourth-order valence-corrected chi connectivity index (χ4v) is 5.25. The zero-order valence-electron chi connectivity index (χ0n) is 21.6.